The second-order valence-corrected chi connectivity index (χ2v) is 7.66. The van der Waals surface area contributed by atoms with E-state index in [0.717, 1.165) is 30.6 Å². The van der Waals surface area contributed by atoms with E-state index in [0.29, 0.717) is 38.2 Å². The number of carbonyl (C=O) groups excluding carboxylic acids is 3. The predicted octanol–water partition coefficient (Wildman–Crippen LogP) is -0.00280. The first-order valence-corrected chi connectivity index (χ1v) is 9.86. The number of morpholine rings is 1. The number of rotatable bonds is 5. The first-order valence-electron chi connectivity index (χ1n) is 9.86. The Morgan fingerprint density at radius 3 is 2.89 bits per heavy atom. The zero-order chi connectivity index (χ0) is 19.7. The van der Waals surface area contributed by atoms with Gasteiger partial charge in [-0.1, -0.05) is 18.2 Å². The van der Waals surface area contributed by atoms with Crippen LogP contribution in [0.5, 0.6) is 0 Å². The molecule has 2 saturated heterocycles. The lowest BCUT2D eigenvalue weighted by Gasteiger charge is -2.33. The SMILES string of the molecule is NCCC1CN(Cc2cccc3c2C(=O)N(C2CCC(=O)NC2=O)C3)CCO1. The molecule has 3 heterocycles. The predicted molar refractivity (Wildman–Crippen MR) is 101 cm³/mol. The third kappa shape index (κ3) is 3.67. The van der Waals surface area contributed by atoms with Gasteiger partial charge in [0.25, 0.3) is 5.91 Å². The molecule has 0 bridgehead atoms. The zero-order valence-corrected chi connectivity index (χ0v) is 15.9. The minimum absolute atomic E-state index is 0.119. The molecular formula is C20H26N4O4. The summed E-state index contributed by atoms with van der Waals surface area (Å²) in [4.78, 5) is 40.7. The number of ether oxygens (including phenoxy) is 1. The van der Waals surface area contributed by atoms with Crippen LogP contribution in [0.1, 0.15) is 40.7 Å². The van der Waals surface area contributed by atoms with E-state index >= 15 is 0 Å². The van der Waals surface area contributed by atoms with Gasteiger partial charge in [0.15, 0.2) is 0 Å². The Labute approximate surface area is 164 Å². The number of amides is 3. The summed E-state index contributed by atoms with van der Waals surface area (Å²) >= 11 is 0. The highest BCUT2D eigenvalue weighted by molar-refractivity contribution is 6.05. The molecule has 150 valence electrons. The number of nitrogens with two attached hydrogens (primary N) is 1. The Balaban J connectivity index is 1.50. The Morgan fingerprint density at radius 1 is 1.25 bits per heavy atom. The summed E-state index contributed by atoms with van der Waals surface area (Å²) in [5, 5.41) is 2.35. The number of carbonyl (C=O) groups is 3. The highest BCUT2D eigenvalue weighted by Crippen LogP contribution is 2.30. The van der Waals surface area contributed by atoms with Crippen LogP contribution >= 0.6 is 0 Å². The van der Waals surface area contributed by atoms with Crippen molar-refractivity contribution in [3.8, 4) is 0 Å². The molecule has 3 aliphatic heterocycles. The molecule has 3 N–H and O–H groups in total. The molecule has 0 saturated carbocycles. The summed E-state index contributed by atoms with van der Waals surface area (Å²) in [6.07, 6.45) is 1.60. The number of hydrogen-bond acceptors (Lipinski definition) is 6. The molecular weight excluding hydrogens is 360 g/mol. The van der Waals surface area contributed by atoms with E-state index < -0.39 is 6.04 Å². The second-order valence-electron chi connectivity index (χ2n) is 7.66. The molecule has 2 atom stereocenters. The number of piperidine rings is 1. The lowest BCUT2D eigenvalue weighted by atomic mass is 10.0. The van der Waals surface area contributed by atoms with Crippen LogP contribution in [0.4, 0.5) is 0 Å². The molecule has 8 nitrogen and oxygen atoms in total. The van der Waals surface area contributed by atoms with Crippen LogP contribution in [0.25, 0.3) is 0 Å². The number of nitrogens with zero attached hydrogens (tertiary/aromatic N) is 2. The van der Waals surface area contributed by atoms with Crippen molar-refractivity contribution in [3.05, 3.63) is 34.9 Å². The largest absolute Gasteiger partial charge is 0.376 e. The number of benzene rings is 1. The molecule has 8 heteroatoms. The van der Waals surface area contributed by atoms with Crippen LogP contribution in [-0.4, -0.2) is 65.9 Å². The Kier molecular flexibility index (Phi) is 5.43. The third-order valence-electron chi connectivity index (χ3n) is 5.74. The summed E-state index contributed by atoms with van der Waals surface area (Å²) in [6.45, 7) is 3.95. The molecule has 0 aromatic heterocycles. The van der Waals surface area contributed by atoms with Crippen LogP contribution < -0.4 is 11.1 Å². The van der Waals surface area contributed by atoms with E-state index in [1.165, 1.54) is 0 Å². The Hall–Kier alpha value is -2.29. The molecule has 28 heavy (non-hydrogen) atoms. The molecule has 0 spiro atoms. The lowest BCUT2D eigenvalue weighted by molar-refractivity contribution is -0.136. The molecule has 1 aromatic carbocycles. The fourth-order valence-corrected chi connectivity index (χ4v) is 4.35. The van der Waals surface area contributed by atoms with Crippen molar-refractivity contribution in [3.63, 3.8) is 0 Å². The van der Waals surface area contributed by atoms with Gasteiger partial charge in [-0.05, 0) is 30.5 Å². The first kappa shape index (κ1) is 19.0. The topological polar surface area (TPSA) is 105 Å². The maximum atomic E-state index is 13.2. The van der Waals surface area contributed by atoms with Crippen molar-refractivity contribution in [2.45, 2.75) is 44.5 Å². The smallest absolute Gasteiger partial charge is 0.255 e. The summed E-state index contributed by atoms with van der Waals surface area (Å²) in [5.41, 5.74) is 8.28. The van der Waals surface area contributed by atoms with Crippen molar-refractivity contribution < 1.29 is 19.1 Å². The van der Waals surface area contributed by atoms with Crippen molar-refractivity contribution in [2.24, 2.45) is 5.73 Å². The van der Waals surface area contributed by atoms with Gasteiger partial charge in [-0.2, -0.15) is 0 Å². The van der Waals surface area contributed by atoms with Gasteiger partial charge in [-0.15, -0.1) is 0 Å². The van der Waals surface area contributed by atoms with Gasteiger partial charge in [-0.25, -0.2) is 0 Å². The van der Waals surface area contributed by atoms with Gasteiger partial charge < -0.3 is 15.4 Å². The number of hydrogen-bond donors (Lipinski definition) is 2. The normalized spacial score (nSPS) is 25.8. The maximum absolute atomic E-state index is 13.2. The second kappa shape index (κ2) is 7.98. The minimum atomic E-state index is -0.581. The van der Waals surface area contributed by atoms with Gasteiger partial charge in [-0.3, -0.25) is 24.6 Å². The van der Waals surface area contributed by atoms with E-state index in [-0.39, 0.29) is 30.2 Å². The van der Waals surface area contributed by atoms with Crippen molar-refractivity contribution in [1.82, 2.24) is 15.1 Å². The summed E-state index contributed by atoms with van der Waals surface area (Å²) in [6, 6.07) is 5.31. The molecule has 3 amide bonds. The number of imide groups is 1. The van der Waals surface area contributed by atoms with E-state index in [2.05, 4.69) is 10.2 Å². The summed E-state index contributed by atoms with van der Waals surface area (Å²) < 4.78 is 5.75. The molecule has 1 aromatic rings. The molecule has 3 aliphatic rings. The van der Waals surface area contributed by atoms with Gasteiger partial charge in [0.2, 0.25) is 11.8 Å². The fourth-order valence-electron chi connectivity index (χ4n) is 4.35. The average Bonchev–Trinajstić information content (AvgIpc) is 3.00. The van der Waals surface area contributed by atoms with E-state index in [4.69, 9.17) is 10.5 Å². The van der Waals surface area contributed by atoms with Crippen LogP contribution in [0.15, 0.2) is 18.2 Å². The molecule has 0 radical (unpaired) electrons. The quantitative estimate of drug-likeness (QED) is 0.690. The van der Waals surface area contributed by atoms with Crippen LogP contribution in [0.3, 0.4) is 0 Å². The Morgan fingerprint density at radius 2 is 2.11 bits per heavy atom. The van der Waals surface area contributed by atoms with Crippen LogP contribution in [0.2, 0.25) is 0 Å². The molecule has 4 rings (SSSR count). The first-order chi connectivity index (χ1) is 13.6. The van der Waals surface area contributed by atoms with E-state index in [1.54, 1.807) is 4.90 Å². The van der Waals surface area contributed by atoms with Crippen molar-refractivity contribution in [2.75, 3.05) is 26.2 Å². The molecule has 2 fully saturated rings. The highest BCUT2D eigenvalue weighted by atomic mass is 16.5. The van der Waals surface area contributed by atoms with Gasteiger partial charge in [0.05, 0.1) is 12.7 Å². The molecule has 0 aliphatic carbocycles. The van der Waals surface area contributed by atoms with Gasteiger partial charge in [0.1, 0.15) is 6.04 Å². The molecule has 2 unspecified atom stereocenters. The zero-order valence-electron chi connectivity index (χ0n) is 15.9. The average molecular weight is 386 g/mol. The highest BCUT2D eigenvalue weighted by Gasteiger charge is 2.40. The Bertz CT molecular complexity index is 794. The summed E-state index contributed by atoms with van der Waals surface area (Å²) in [5.74, 6) is -0.769. The summed E-state index contributed by atoms with van der Waals surface area (Å²) in [7, 11) is 0. The third-order valence-corrected chi connectivity index (χ3v) is 5.74. The monoisotopic (exact) mass is 386 g/mol. The number of nitrogens with one attached hydrogen (secondary N) is 1. The van der Waals surface area contributed by atoms with E-state index in [9.17, 15) is 14.4 Å². The standard InChI is InChI=1S/C20H26N4O4/c21-7-6-15-12-23(8-9-28-15)10-13-2-1-3-14-11-24(20(27)18(13)14)16-4-5-17(25)22-19(16)26/h1-3,15-16H,4-12,21H2,(H,22,25,26). The van der Waals surface area contributed by atoms with Gasteiger partial charge >= 0.3 is 0 Å². The van der Waals surface area contributed by atoms with Crippen LogP contribution in [-0.2, 0) is 27.4 Å². The fraction of sp³-hybridized carbons (Fsp3) is 0.550. The van der Waals surface area contributed by atoms with E-state index in [1.807, 2.05) is 18.2 Å². The maximum Gasteiger partial charge on any atom is 0.255 e. The van der Waals surface area contributed by atoms with Gasteiger partial charge in [0, 0.05) is 38.2 Å². The lowest BCUT2D eigenvalue weighted by Crippen LogP contribution is -2.52. The minimum Gasteiger partial charge on any atom is -0.376 e. The number of fused-ring (bicyclic) bond motifs is 1. The van der Waals surface area contributed by atoms with Crippen molar-refractivity contribution >= 4 is 17.7 Å². The van der Waals surface area contributed by atoms with Crippen LogP contribution in [0, 0.1) is 0 Å². The van der Waals surface area contributed by atoms with Crippen molar-refractivity contribution in [1.29, 1.82) is 0 Å².